The first kappa shape index (κ1) is 20.9. The first-order valence-corrected chi connectivity index (χ1v) is 12.9. The van der Waals surface area contributed by atoms with Gasteiger partial charge in [0.05, 0.1) is 10.9 Å². The average Bonchev–Trinajstić information content (AvgIpc) is 3.59. The molecule has 0 amide bonds. The molecular weight excluding hydrogens is 432 g/mol. The van der Waals surface area contributed by atoms with Gasteiger partial charge in [-0.3, -0.25) is 9.88 Å². The number of likely N-dealkylation sites (tertiary alicyclic amines) is 1. The van der Waals surface area contributed by atoms with Gasteiger partial charge >= 0.3 is 0 Å². The zero-order valence-corrected chi connectivity index (χ0v) is 20.0. The molecule has 2 N–H and O–H groups in total. The Morgan fingerprint density at radius 1 is 0.943 bits per heavy atom. The molecule has 3 aliphatic rings. The van der Waals surface area contributed by atoms with Gasteiger partial charge < -0.3 is 10.3 Å². The van der Waals surface area contributed by atoms with Gasteiger partial charge in [0.2, 0.25) is 0 Å². The molecule has 6 heteroatoms. The van der Waals surface area contributed by atoms with Crippen molar-refractivity contribution in [3.8, 4) is 23.5 Å². The lowest BCUT2D eigenvalue weighted by atomic mass is 9.88. The van der Waals surface area contributed by atoms with E-state index in [-0.39, 0.29) is 5.54 Å². The average molecular weight is 463 g/mol. The maximum absolute atomic E-state index is 6.52. The summed E-state index contributed by atoms with van der Waals surface area (Å²) in [5.41, 5.74) is 11.4. The van der Waals surface area contributed by atoms with E-state index in [1.807, 2.05) is 24.4 Å². The van der Waals surface area contributed by atoms with Crippen LogP contribution >= 0.6 is 0 Å². The Balaban J connectivity index is 1.44. The first-order chi connectivity index (χ1) is 17.1. The van der Waals surface area contributed by atoms with E-state index >= 15 is 0 Å². The number of nitrogens with two attached hydrogens (primary N) is 1. The summed E-state index contributed by atoms with van der Waals surface area (Å²) < 4.78 is 2.38. The van der Waals surface area contributed by atoms with Crippen molar-refractivity contribution in [1.29, 1.82) is 0 Å². The van der Waals surface area contributed by atoms with E-state index in [0.29, 0.717) is 11.4 Å². The van der Waals surface area contributed by atoms with Crippen molar-refractivity contribution in [2.75, 3.05) is 18.8 Å². The summed E-state index contributed by atoms with van der Waals surface area (Å²) in [6.45, 7) is 2.46. The quantitative estimate of drug-likeness (QED) is 0.429. The van der Waals surface area contributed by atoms with Crippen LogP contribution in [0.3, 0.4) is 0 Å². The summed E-state index contributed by atoms with van der Waals surface area (Å²) in [7, 11) is 0. The van der Waals surface area contributed by atoms with Crippen LogP contribution in [0.25, 0.3) is 33.1 Å². The Hall–Kier alpha value is -3.43. The molecular formula is C29H30N6. The van der Waals surface area contributed by atoms with Crippen LogP contribution in [0.5, 0.6) is 0 Å². The van der Waals surface area contributed by atoms with Crippen molar-refractivity contribution in [3.05, 3.63) is 48.5 Å². The van der Waals surface area contributed by atoms with Gasteiger partial charge in [-0.05, 0) is 70.2 Å². The molecule has 4 aromatic rings. The third kappa shape index (κ3) is 2.91. The molecule has 0 radical (unpaired) electrons. The van der Waals surface area contributed by atoms with E-state index in [0.717, 1.165) is 58.0 Å². The van der Waals surface area contributed by atoms with E-state index in [1.165, 1.54) is 45.2 Å². The third-order valence-corrected chi connectivity index (χ3v) is 9.07. The highest BCUT2D eigenvalue weighted by Crippen LogP contribution is 2.59. The first-order valence-electron chi connectivity index (χ1n) is 12.9. The second-order valence-corrected chi connectivity index (χ2v) is 10.8. The molecule has 176 valence electrons. The summed E-state index contributed by atoms with van der Waals surface area (Å²) in [6.07, 6.45) is 19.6. The van der Waals surface area contributed by atoms with Crippen LogP contribution in [0.1, 0.15) is 57.1 Å². The second-order valence-electron chi connectivity index (χ2n) is 10.8. The highest BCUT2D eigenvalue weighted by atomic mass is 15.3. The Morgan fingerprint density at radius 3 is 2.51 bits per heavy atom. The Morgan fingerprint density at radius 2 is 1.71 bits per heavy atom. The summed E-state index contributed by atoms with van der Waals surface area (Å²) in [5, 5.41) is 1.93. The van der Waals surface area contributed by atoms with Gasteiger partial charge in [0.15, 0.2) is 0 Å². The SMILES string of the molecule is C#Cc1c(-c2cnc3ccccc3c2)c2c(N)ncnc2n1C12CCC(N3CCCCC3)(CC1)C2. The third-order valence-electron chi connectivity index (χ3n) is 9.07. The molecule has 0 spiro atoms. The normalized spacial score (nSPS) is 26.5. The molecule has 2 saturated carbocycles. The number of aromatic nitrogens is 4. The van der Waals surface area contributed by atoms with E-state index < -0.39 is 0 Å². The van der Waals surface area contributed by atoms with Crippen molar-refractivity contribution in [1.82, 2.24) is 24.4 Å². The lowest BCUT2D eigenvalue weighted by molar-refractivity contribution is 0.0735. The Bertz CT molecular complexity index is 1500. The van der Waals surface area contributed by atoms with Crippen LogP contribution in [0, 0.1) is 12.3 Å². The summed E-state index contributed by atoms with van der Waals surface area (Å²) >= 11 is 0. The number of benzene rings is 1. The van der Waals surface area contributed by atoms with Crippen molar-refractivity contribution in [2.45, 2.75) is 62.4 Å². The predicted octanol–water partition coefficient (Wildman–Crippen LogP) is 5.11. The van der Waals surface area contributed by atoms with E-state index in [9.17, 15) is 0 Å². The molecule has 2 aliphatic carbocycles. The fraction of sp³-hybridized carbons (Fsp3) is 0.414. The molecule has 1 aliphatic heterocycles. The van der Waals surface area contributed by atoms with Crippen LogP contribution in [0.4, 0.5) is 5.82 Å². The molecule has 0 atom stereocenters. The standard InChI is InChI=1S/C29H30N6/c1-2-23-24(21-16-20-8-4-5-9-22(20)31-17-21)25-26(30)32-19-33-27(25)35(23)29-12-10-28(18-29,11-13-29)34-14-6-3-7-15-34/h1,4-5,8-9,16-17,19H,3,6-7,10-15,18H2,(H2,30,32,33). The number of hydrogen-bond donors (Lipinski definition) is 1. The molecule has 7 rings (SSSR count). The number of nitrogen functional groups attached to an aromatic ring is 1. The highest BCUT2D eigenvalue weighted by Gasteiger charge is 2.58. The number of para-hydroxylation sites is 1. The molecule has 1 saturated heterocycles. The number of fused-ring (bicyclic) bond motifs is 4. The number of nitrogens with zero attached hydrogens (tertiary/aromatic N) is 5. The zero-order chi connectivity index (χ0) is 23.6. The summed E-state index contributed by atoms with van der Waals surface area (Å²) in [6, 6.07) is 10.3. The Kier molecular flexibility index (Phi) is 4.50. The van der Waals surface area contributed by atoms with Crippen molar-refractivity contribution in [3.63, 3.8) is 0 Å². The fourth-order valence-corrected chi connectivity index (χ4v) is 7.47. The molecule has 2 bridgehead atoms. The lowest BCUT2D eigenvalue weighted by Gasteiger charge is -2.42. The van der Waals surface area contributed by atoms with Crippen LogP contribution in [-0.2, 0) is 5.54 Å². The molecule has 1 aromatic carbocycles. The molecule has 6 nitrogen and oxygen atoms in total. The van der Waals surface area contributed by atoms with Gasteiger partial charge in [0, 0.05) is 33.8 Å². The topological polar surface area (TPSA) is 72.9 Å². The fourth-order valence-electron chi connectivity index (χ4n) is 7.47. The monoisotopic (exact) mass is 462 g/mol. The zero-order valence-electron chi connectivity index (χ0n) is 20.0. The van der Waals surface area contributed by atoms with Gasteiger partial charge in [-0.1, -0.05) is 30.5 Å². The number of rotatable bonds is 3. The van der Waals surface area contributed by atoms with Crippen molar-refractivity contribution >= 4 is 27.8 Å². The van der Waals surface area contributed by atoms with Crippen LogP contribution < -0.4 is 5.73 Å². The number of terminal acetylenes is 1. The van der Waals surface area contributed by atoms with Gasteiger partial charge in [0.25, 0.3) is 0 Å². The van der Waals surface area contributed by atoms with E-state index in [1.54, 1.807) is 6.33 Å². The summed E-state index contributed by atoms with van der Waals surface area (Å²) in [4.78, 5) is 16.7. The largest absolute Gasteiger partial charge is 0.383 e. The van der Waals surface area contributed by atoms with E-state index in [4.69, 9.17) is 22.1 Å². The van der Waals surface area contributed by atoms with Gasteiger partial charge in [0.1, 0.15) is 23.5 Å². The number of pyridine rings is 1. The second kappa shape index (κ2) is 7.53. The minimum absolute atomic E-state index is 0.0271. The number of anilines is 1. The van der Waals surface area contributed by atoms with Crippen molar-refractivity contribution < 1.29 is 0 Å². The van der Waals surface area contributed by atoms with Gasteiger partial charge in [-0.2, -0.15) is 0 Å². The number of piperidine rings is 1. The van der Waals surface area contributed by atoms with Crippen LogP contribution in [0.15, 0.2) is 42.9 Å². The van der Waals surface area contributed by atoms with Gasteiger partial charge in [-0.25, -0.2) is 9.97 Å². The Labute approximate surface area is 205 Å². The maximum Gasteiger partial charge on any atom is 0.147 e. The van der Waals surface area contributed by atoms with Gasteiger partial charge in [-0.15, -0.1) is 6.42 Å². The predicted molar refractivity (Wildman–Crippen MR) is 140 cm³/mol. The maximum atomic E-state index is 6.52. The molecule has 0 unspecified atom stereocenters. The molecule has 3 aromatic heterocycles. The molecule has 3 fully saturated rings. The summed E-state index contributed by atoms with van der Waals surface area (Å²) in [5.74, 6) is 3.55. The van der Waals surface area contributed by atoms with E-state index in [2.05, 4.69) is 32.5 Å². The molecule has 35 heavy (non-hydrogen) atoms. The van der Waals surface area contributed by atoms with Crippen molar-refractivity contribution in [2.24, 2.45) is 0 Å². The van der Waals surface area contributed by atoms with Crippen LogP contribution in [0.2, 0.25) is 0 Å². The van der Waals surface area contributed by atoms with Crippen LogP contribution in [-0.4, -0.2) is 43.0 Å². The minimum atomic E-state index is -0.0271. The minimum Gasteiger partial charge on any atom is -0.383 e. The highest BCUT2D eigenvalue weighted by molar-refractivity contribution is 6.04. The number of hydrogen-bond acceptors (Lipinski definition) is 5. The molecule has 4 heterocycles. The lowest BCUT2D eigenvalue weighted by Crippen LogP contribution is -2.48. The smallest absolute Gasteiger partial charge is 0.147 e.